The number of alkyl carbamates (subject to hydrolysis) is 1. The second kappa shape index (κ2) is 7.68. The molecule has 1 amide bonds. The highest BCUT2D eigenvalue weighted by molar-refractivity contribution is 5.68. The molecule has 0 heterocycles. The second-order valence-corrected chi connectivity index (χ2v) is 5.80. The number of aldehydes is 1. The van der Waals surface area contributed by atoms with Crippen LogP contribution in [0.2, 0.25) is 0 Å². The Morgan fingerprint density at radius 3 is 2.50 bits per heavy atom. The Bertz CT molecular complexity index is 423. The minimum Gasteiger partial charge on any atom is -0.444 e. The number of benzene rings is 1. The second-order valence-electron chi connectivity index (χ2n) is 5.80. The lowest BCUT2D eigenvalue weighted by Gasteiger charge is -2.20. The van der Waals surface area contributed by atoms with E-state index in [0.717, 1.165) is 12.7 Å². The number of nitrogens with one attached hydrogen (secondary N) is 1. The van der Waals surface area contributed by atoms with E-state index in [-0.39, 0.29) is 5.92 Å². The number of aryl methyl sites for hydroxylation is 1. The Morgan fingerprint density at radius 1 is 1.30 bits per heavy atom. The van der Waals surface area contributed by atoms with Crippen molar-refractivity contribution in [2.45, 2.75) is 39.2 Å². The van der Waals surface area contributed by atoms with Crippen LogP contribution < -0.4 is 5.32 Å². The van der Waals surface area contributed by atoms with Crippen molar-refractivity contribution in [2.24, 2.45) is 5.92 Å². The van der Waals surface area contributed by atoms with Gasteiger partial charge in [0.1, 0.15) is 11.9 Å². The molecule has 0 saturated heterocycles. The quantitative estimate of drug-likeness (QED) is 0.813. The van der Waals surface area contributed by atoms with Crippen LogP contribution >= 0.6 is 0 Å². The van der Waals surface area contributed by atoms with Gasteiger partial charge < -0.3 is 14.8 Å². The van der Waals surface area contributed by atoms with Crippen molar-refractivity contribution in [3.63, 3.8) is 0 Å². The molecule has 0 bridgehead atoms. The molecular formula is C16H23NO3. The summed E-state index contributed by atoms with van der Waals surface area (Å²) in [5, 5.41) is 2.63. The lowest BCUT2D eigenvalue weighted by molar-refractivity contribution is -0.111. The highest BCUT2D eigenvalue weighted by atomic mass is 16.6. The fraction of sp³-hybridized carbons (Fsp3) is 0.500. The Balaban J connectivity index is 2.33. The molecule has 0 saturated carbocycles. The maximum absolute atomic E-state index is 11.5. The van der Waals surface area contributed by atoms with Gasteiger partial charge >= 0.3 is 6.09 Å². The van der Waals surface area contributed by atoms with Crippen molar-refractivity contribution in [3.8, 4) is 0 Å². The molecule has 1 N–H and O–H groups in total. The first-order chi connectivity index (χ1) is 9.40. The van der Waals surface area contributed by atoms with Crippen LogP contribution in [0.5, 0.6) is 0 Å². The van der Waals surface area contributed by atoms with Gasteiger partial charge in [0.2, 0.25) is 0 Å². The SMILES string of the molecule is CC(C)(C)OC(=O)NCC(C=O)CCc1ccccc1. The van der Waals surface area contributed by atoms with Gasteiger partial charge in [0.05, 0.1) is 0 Å². The van der Waals surface area contributed by atoms with Gasteiger partial charge in [0.25, 0.3) is 0 Å². The Hall–Kier alpha value is -1.84. The van der Waals surface area contributed by atoms with E-state index in [1.54, 1.807) is 20.8 Å². The molecule has 0 radical (unpaired) electrons. The molecule has 20 heavy (non-hydrogen) atoms. The van der Waals surface area contributed by atoms with Crippen LogP contribution in [0, 0.1) is 5.92 Å². The van der Waals surface area contributed by atoms with Gasteiger partial charge in [-0.15, -0.1) is 0 Å². The molecule has 110 valence electrons. The molecular weight excluding hydrogens is 254 g/mol. The molecule has 0 aliphatic carbocycles. The molecule has 0 aromatic heterocycles. The van der Waals surface area contributed by atoms with Gasteiger partial charge in [-0.3, -0.25) is 0 Å². The Kier molecular flexibility index (Phi) is 6.22. The largest absolute Gasteiger partial charge is 0.444 e. The van der Waals surface area contributed by atoms with E-state index in [4.69, 9.17) is 4.74 Å². The predicted octanol–water partition coefficient (Wildman–Crippen LogP) is 2.96. The summed E-state index contributed by atoms with van der Waals surface area (Å²) < 4.78 is 5.13. The lowest BCUT2D eigenvalue weighted by atomic mass is 10.0. The summed E-state index contributed by atoms with van der Waals surface area (Å²) in [6.45, 7) is 5.73. The third kappa shape index (κ3) is 6.92. The monoisotopic (exact) mass is 277 g/mol. The average molecular weight is 277 g/mol. The summed E-state index contributed by atoms with van der Waals surface area (Å²) in [5.41, 5.74) is 0.668. The van der Waals surface area contributed by atoms with Gasteiger partial charge in [-0.1, -0.05) is 30.3 Å². The van der Waals surface area contributed by atoms with E-state index < -0.39 is 11.7 Å². The van der Waals surface area contributed by atoms with Crippen molar-refractivity contribution in [2.75, 3.05) is 6.54 Å². The van der Waals surface area contributed by atoms with Crippen LogP contribution in [0.25, 0.3) is 0 Å². The highest BCUT2D eigenvalue weighted by Gasteiger charge is 2.17. The summed E-state index contributed by atoms with van der Waals surface area (Å²) in [4.78, 5) is 22.5. The first kappa shape index (κ1) is 16.2. The number of ether oxygens (including phenoxy) is 1. The topological polar surface area (TPSA) is 55.4 Å². The normalized spacial score (nSPS) is 12.6. The molecule has 0 fully saturated rings. The maximum Gasteiger partial charge on any atom is 0.407 e. The van der Waals surface area contributed by atoms with Crippen molar-refractivity contribution in [1.29, 1.82) is 0 Å². The van der Waals surface area contributed by atoms with E-state index in [0.29, 0.717) is 13.0 Å². The Morgan fingerprint density at radius 2 is 1.95 bits per heavy atom. The van der Waals surface area contributed by atoms with Crippen LogP contribution in [0.4, 0.5) is 4.79 Å². The number of hydrogen-bond acceptors (Lipinski definition) is 3. The van der Waals surface area contributed by atoms with Gasteiger partial charge in [0, 0.05) is 12.5 Å². The molecule has 1 atom stereocenters. The number of hydrogen-bond donors (Lipinski definition) is 1. The van der Waals surface area contributed by atoms with E-state index in [9.17, 15) is 9.59 Å². The van der Waals surface area contributed by atoms with Crippen molar-refractivity contribution >= 4 is 12.4 Å². The molecule has 0 aliphatic rings. The van der Waals surface area contributed by atoms with Crippen LogP contribution in [-0.4, -0.2) is 24.5 Å². The van der Waals surface area contributed by atoms with E-state index in [2.05, 4.69) is 5.32 Å². The van der Waals surface area contributed by atoms with E-state index in [1.165, 1.54) is 5.56 Å². The molecule has 1 aromatic carbocycles. The molecule has 0 spiro atoms. The van der Waals surface area contributed by atoms with Crippen LogP contribution in [0.1, 0.15) is 32.8 Å². The zero-order valence-corrected chi connectivity index (χ0v) is 12.4. The molecule has 0 aliphatic heterocycles. The minimum atomic E-state index is -0.523. The standard InChI is InChI=1S/C16H23NO3/c1-16(2,3)20-15(19)17-11-14(12-18)10-9-13-7-5-4-6-8-13/h4-8,12,14H,9-11H2,1-3H3,(H,17,19). The van der Waals surface area contributed by atoms with Crippen molar-refractivity contribution in [3.05, 3.63) is 35.9 Å². The third-order valence-corrected chi connectivity index (χ3v) is 2.75. The summed E-state index contributed by atoms with van der Waals surface area (Å²) in [6.07, 6.45) is 1.94. The fourth-order valence-electron chi connectivity index (χ4n) is 1.74. The maximum atomic E-state index is 11.5. The fourth-order valence-corrected chi connectivity index (χ4v) is 1.74. The smallest absolute Gasteiger partial charge is 0.407 e. The molecule has 1 rings (SSSR count). The van der Waals surface area contributed by atoms with Gasteiger partial charge in [-0.25, -0.2) is 4.79 Å². The van der Waals surface area contributed by atoms with Gasteiger partial charge in [-0.2, -0.15) is 0 Å². The van der Waals surface area contributed by atoms with E-state index in [1.807, 2.05) is 30.3 Å². The molecule has 1 unspecified atom stereocenters. The zero-order valence-electron chi connectivity index (χ0n) is 12.4. The highest BCUT2D eigenvalue weighted by Crippen LogP contribution is 2.09. The number of amides is 1. The van der Waals surface area contributed by atoms with Crippen LogP contribution in [0.3, 0.4) is 0 Å². The molecule has 4 nitrogen and oxygen atoms in total. The predicted molar refractivity (Wildman–Crippen MR) is 78.6 cm³/mol. The first-order valence-corrected chi connectivity index (χ1v) is 6.87. The van der Waals surface area contributed by atoms with Crippen LogP contribution in [0.15, 0.2) is 30.3 Å². The summed E-state index contributed by atoms with van der Waals surface area (Å²) in [5.74, 6) is -0.192. The van der Waals surface area contributed by atoms with Gasteiger partial charge in [-0.05, 0) is 39.2 Å². The summed E-state index contributed by atoms with van der Waals surface area (Å²) in [6, 6.07) is 9.98. The number of carbonyl (C=O) groups excluding carboxylic acids is 2. The molecule has 4 heteroatoms. The summed E-state index contributed by atoms with van der Waals surface area (Å²) in [7, 11) is 0. The van der Waals surface area contributed by atoms with E-state index >= 15 is 0 Å². The lowest BCUT2D eigenvalue weighted by Crippen LogP contribution is -2.35. The minimum absolute atomic E-state index is 0.192. The third-order valence-electron chi connectivity index (χ3n) is 2.75. The zero-order chi connectivity index (χ0) is 15.0. The first-order valence-electron chi connectivity index (χ1n) is 6.87. The Labute approximate surface area is 120 Å². The number of rotatable bonds is 6. The summed E-state index contributed by atoms with van der Waals surface area (Å²) >= 11 is 0. The average Bonchev–Trinajstić information content (AvgIpc) is 2.38. The van der Waals surface area contributed by atoms with Crippen molar-refractivity contribution < 1.29 is 14.3 Å². The van der Waals surface area contributed by atoms with Gasteiger partial charge in [0.15, 0.2) is 0 Å². The van der Waals surface area contributed by atoms with Crippen molar-refractivity contribution in [1.82, 2.24) is 5.32 Å². The van der Waals surface area contributed by atoms with Crippen LogP contribution in [-0.2, 0) is 16.0 Å². The number of carbonyl (C=O) groups is 2. The molecule has 1 aromatic rings.